The molecule has 0 bridgehead atoms. The fourth-order valence-corrected chi connectivity index (χ4v) is 2.27. The first-order valence-electron chi connectivity index (χ1n) is 8.64. The Morgan fingerprint density at radius 1 is 1.00 bits per heavy atom. The highest BCUT2D eigenvalue weighted by Crippen LogP contribution is 2.09. The van der Waals surface area contributed by atoms with E-state index in [1.54, 1.807) is 6.92 Å². The summed E-state index contributed by atoms with van der Waals surface area (Å²) in [6.45, 7) is 6.30. The van der Waals surface area contributed by atoms with E-state index in [1.165, 1.54) is 13.8 Å². The topological polar surface area (TPSA) is 171 Å². The minimum absolute atomic E-state index is 0.105. The summed E-state index contributed by atoms with van der Waals surface area (Å²) < 4.78 is 0. The summed E-state index contributed by atoms with van der Waals surface area (Å²) in [6.07, 6.45) is -0.543. The Balaban J connectivity index is 5.08. The number of rotatable bonds is 11. The van der Waals surface area contributed by atoms with Crippen molar-refractivity contribution in [2.45, 2.75) is 64.4 Å². The van der Waals surface area contributed by atoms with Crippen LogP contribution in [-0.2, 0) is 19.2 Å². The average Bonchev–Trinajstić information content (AvgIpc) is 2.61. The van der Waals surface area contributed by atoms with Crippen molar-refractivity contribution in [3.8, 4) is 0 Å². The van der Waals surface area contributed by atoms with Gasteiger partial charge in [0.2, 0.25) is 17.7 Å². The summed E-state index contributed by atoms with van der Waals surface area (Å²) in [5.74, 6) is -3.63. The van der Waals surface area contributed by atoms with Crippen LogP contribution in [0.15, 0.2) is 0 Å². The molecule has 0 aliphatic carbocycles. The number of carboxylic acid groups (broad SMARTS) is 1. The number of carbonyl (C=O) groups is 4. The highest BCUT2D eigenvalue weighted by atomic mass is 32.1. The van der Waals surface area contributed by atoms with E-state index in [2.05, 4.69) is 28.6 Å². The van der Waals surface area contributed by atoms with Crippen LogP contribution >= 0.6 is 12.6 Å². The van der Waals surface area contributed by atoms with Crippen LogP contribution in [-0.4, -0.2) is 69.9 Å². The summed E-state index contributed by atoms with van der Waals surface area (Å²) in [7, 11) is 0. The molecule has 0 saturated heterocycles. The lowest BCUT2D eigenvalue weighted by Gasteiger charge is -2.27. The molecule has 3 amide bonds. The minimum Gasteiger partial charge on any atom is -0.480 e. The van der Waals surface area contributed by atoms with E-state index < -0.39 is 54.0 Å². The van der Waals surface area contributed by atoms with Crippen LogP contribution in [0.5, 0.6) is 0 Å². The third-order valence-corrected chi connectivity index (χ3v) is 4.53. The molecule has 6 atom stereocenters. The van der Waals surface area contributed by atoms with Gasteiger partial charge in [-0.25, -0.2) is 4.79 Å². The Morgan fingerprint density at radius 3 is 1.96 bits per heavy atom. The third-order valence-electron chi connectivity index (χ3n) is 4.16. The van der Waals surface area contributed by atoms with Crippen molar-refractivity contribution >= 4 is 36.3 Å². The summed E-state index contributed by atoms with van der Waals surface area (Å²) >= 11 is 3.89. The van der Waals surface area contributed by atoms with E-state index in [9.17, 15) is 24.3 Å². The number of amides is 3. The van der Waals surface area contributed by atoms with Crippen LogP contribution in [0.3, 0.4) is 0 Å². The van der Waals surface area contributed by atoms with E-state index in [4.69, 9.17) is 10.8 Å². The number of aliphatic hydroxyl groups excluding tert-OH is 1. The van der Waals surface area contributed by atoms with Crippen molar-refractivity contribution in [1.29, 1.82) is 0 Å². The first-order chi connectivity index (χ1) is 12.5. The number of aliphatic hydroxyl groups is 1. The van der Waals surface area contributed by atoms with Gasteiger partial charge in [0, 0.05) is 5.75 Å². The second-order valence-electron chi connectivity index (χ2n) is 6.45. The number of hydrogen-bond donors (Lipinski definition) is 7. The van der Waals surface area contributed by atoms with Crippen LogP contribution < -0.4 is 21.7 Å². The van der Waals surface area contributed by atoms with Gasteiger partial charge in [0.25, 0.3) is 0 Å². The number of carboxylic acids is 1. The molecular formula is C16H30N4O6S. The molecular weight excluding hydrogens is 376 g/mol. The summed E-state index contributed by atoms with van der Waals surface area (Å²) in [5.41, 5.74) is 5.51. The molecule has 0 aromatic heterocycles. The second-order valence-corrected chi connectivity index (χ2v) is 6.82. The molecule has 0 fully saturated rings. The fourth-order valence-electron chi connectivity index (χ4n) is 2.02. The maximum atomic E-state index is 12.4. The van der Waals surface area contributed by atoms with E-state index in [0.717, 1.165) is 0 Å². The Labute approximate surface area is 164 Å². The van der Waals surface area contributed by atoms with Crippen molar-refractivity contribution in [1.82, 2.24) is 16.0 Å². The normalized spacial score (nSPS) is 17.6. The third kappa shape index (κ3) is 8.14. The maximum absolute atomic E-state index is 12.4. The molecule has 0 aliphatic rings. The fraction of sp³-hybridized carbons (Fsp3) is 0.750. The van der Waals surface area contributed by atoms with Gasteiger partial charge in [0.05, 0.1) is 6.10 Å². The molecule has 0 aromatic carbocycles. The first-order valence-corrected chi connectivity index (χ1v) is 9.27. The van der Waals surface area contributed by atoms with Gasteiger partial charge in [0.15, 0.2) is 0 Å². The zero-order valence-electron chi connectivity index (χ0n) is 15.9. The van der Waals surface area contributed by atoms with Gasteiger partial charge in [-0.05, 0) is 19.8 Å². The number of carbonyl (C=O) groups excluding carboxylic acids is 3. The Kier molecular flexibility index (Phi) is 11.0. The van der Waals surface area contributed by atoms with Crippen molar-refractivity contribution in [3.63, 3.8) is 0 Å². The summed E-state index contributed by atoms with van der Waals surface area (Å²) in [5, 5.41) is 25.6. The van der Waals surface area contributed by atoms with Crippen molar-refractivity contribution in [3.05, 3.63) is 0 Å². The van der Waals surface area contributed by atoms with Gasteiger partial charge in [0.1, 0.15) is 24.2 Å². The molecule has 6 unspecified atom stereocenters. The van der Waals surface area contributed by atoms with Crippen molar-refractivity contribution < 1.29 is 29.4 Å². The van der Waals surface area contributed by atoms with Crippen LogP contribution in [0, 0.1) is 5.92 Å². The lowest BCUT2D eigenvalue weighted by molar-refractivity contribution is -0.142. The van der Waals surface area contributed by atoms with Gasteiger partial charge in [-0.15, -0.1) is 0 Å². The molecule has 0 heterocycles. The molecule has 0 spiro atoms. The zero-order valence-corrected chi connectivity index (χ0v) is 16.8. The van der Waals surface area contributed by atoms with E-state index in [0.29, 0.717) is 6.42 Å². The predicted octanol–water partition coefficient (Wildman–Crippen LogP) is -1.77. The number of nitrogens with one attached hydrogen (secondary N) is 3. The minimum atomic E-state index is -1.24. The average molecular weight is 407 g/mol. The van der Waals surface area contributed by atoms with Crippen LogP contribution in [0.25, 0.3) is 0 Å². The van der Waals surface area contributed by atoms with Gasteiger partial charge < -0.3 is 31.9 Å². The van der Waals surface area contributed by atoms with E-state index >= 15 is 0 Å². The van der Waals surface area contributed by atoms with Crippen LogP contribution in [0.1, 0.15) is 34.1 Å². The lowest BCUT2D eigenvalue weighted by Crippen LogP contribution is -2.58. The van der Waals surface area contributed by atoms with Crippen LogP contribution in [0.4, 0.5) is 0 Å². The Bertz CT molecular complexity index is 545. The SMILES string of the molecule is CCC(C)C(NC(=O)C(C)NC(=O)C(N)C(C)O)C(=O)NC(CS)C(=O)O. The van der Waals surface area contributed by atoms with Gasteiger partial charge >= 0.3 is 5.97 Å². The quantitative estimate of drug-likeness (QED) is 0.199. The first kappa shape index (κ1) is 25.1. The zero-order chi connectivity index (χ0) is 21.3. The Hall–Kier alpha value is -1.85. The highest BCUT2D eigenvalue weighted by molar-refractivity contribution is 7.80. The molecule has 156 valence electrons. The van der Waals surface area contributed by atoms with Crippen molar-refractivity contribution in [2.75, 3.05) is 5.75 Å². The molecule has 0 radical (unpaired) electrons. The van der Waals surface area contributed by atoms with Crippen LogP contribution in [0.2, 0.25) is 0 Å². The summed E-state index contributed by atoms with van der Waals surface area (Å²) in [4.78, 5) is 47.7. The monoisotopic (exact) mass is 406 g/mol. The standard InChI is InChI=1S/C16H30N4O6S/c1-5-7(2)12(15(24)19-10(6-27)16(25)26)20-13(22)8(3)18-14(23)11(17)9(4)21/h7-12,21,27H,5-6,17H2,1-4H3,(H,18,23)(H,19,24)(H,20,22)(H,25,26). The van der Waals surface area contributed by atoms with Gasteiger partial charge in [-0.2, -0.15) is 12.6 Å². The smallest absolute Gasteiger partial charge is 0.327 e. The molecule has 0 aromatic rings. The number of nitrogens with two attached hydrogens (primary N) is 1. The molecule has 0 saturated carbocycles. The molecule has 27 heavy (non-hydrogen) atoms. The molecule has 0 aliphatic heterocycles. The molecule has 7 N–H and O–H groups in total. The highest BCUT2D eigenvalue weighted by Gasteiger charge is 2.31. The molecule has 0 rings (SSSR count). The number of thiol groups is 1. The maximum Gasteiger partial charge on any atom is 0.327 e. The predicted molar refractivity (Wildman–Crippen MR) is 102 cm³/mol. The molecule has 10 nitrogen and oxygen atoms in total. The number of hydrogen-bond acceptors (Lipinski definition) is 7. The Morgan fingerprint density at radius 2 is 1.56 bits per heavy atom. The number of aliphatic carboxylic acids is 1. The summed E-state index contributed by atoms with van der Waals surface area (Å²) in [6, 6.07) is -4.39. The van der Waals surface area contributed by atoms with Gasteiger partial charge in [-0.3, -0.25) is 14.4 Å². The molecule has 11 heteroatoms. The second kappa shape index (κ2) is 11.8. The van der Waals surface area contributed by atoms with Crippen molar-refractivity contribution in [2.24, 2.45) is 11.7 Å². The van der Waals surface area contributed by atoms with E-state index in [1.807, 2.05) is 6.92 Å². The van der Waals surface area contributed by atoms with Gasteiger partial charge in [-0.1, -0.05) is 20.3 Å². The lowest BCUT2D eigenvalue weighted by atomic mass is 9.97. The largest absolute Gasteiger partial charge is 0.480 e. The van der Waals surface area contributed by atoms with E-state index in [-0.39, 0.29) is 11.7 Å².